The van der Waals surface area contributed by atoms with Crippen molar-refractivity contribution in [3.05, 3.63) is 17.7 Å². The highest BCUT2D eigenvalue weighted by Crippen LogP contribution is 2.37. The van der Waals surface area contributed by atoms with E-state index in [0.29, 0.717) is 29.3 Å². The predicted molar refractivity (Wildman–Crippen MR) is 98.5 cm³/mol. The number of rotatable bonds is 8. The Hall–Kier alpha value is -3.14. The van der Waals surface area contributed by atoms with Gasteiger partial charge in [-0.25, -0.2) is 4.79 Å². The molecule has 2 N–H and O–H groups in total. The van der Waals surface area contributed by atoms with E-state index in [1.807, 2.05) is 0 Å². The molecule has 1 aromatic rings. The van der Waals surface area contributed by atoms with Crippen LogP contribution in [-0.4, -0.2) is 61.6 Å². The smallest absolute Gasteiger partial charge is 0.413 e. The van der Waals surface area contributed by atoms with Crippen LogP contribution in [0.5, 0.6) is 11.5 Å². The first-order valence-corrected chi connectivity index (χ1v) is 8.77. The van der Waals surface area contributed by atoms with Gasteiger partial charge in [0.05, 0.1) is 25.4 Å². The molecule has 3 amide bonds. The molecule has 2 rings (SSSR count). The van der Waals surface area contributed by atoms with Gasteiger partial charge in [0.2, 0.25) is 18.6 Å². The molecule has 1 aliphatic heterocycles. The second-order valence-corrected chi connectivity index (χ2v) is 5.93. The fourth-order valence-corrected chi connectivity index (χ4v) is 2.53. The standard InChI is InChI=1S/C18H23N3O7/c1-4-21(9-17(24)20-18(25)26-5-2)8-16(23)19-13-7-15-14(27-10-28-15)6-12(13)11(3)22/h6-7H,4-5,8-10H2,1-3H3,(H,19,23)(H,20,24,25). The first-order valence-electron chi connectivity index (χ1n) is 8.77. The molecule has 0 atom stereocenters. The van der Waals surface area contributed by atoms with Gasteiger partial charge in [-0.1, -0.05) is 6.92 Å². The number of hydrogen-bond acceptors (Lipinski definition) is 8. The minimum absolute atomic E-state index is 0.0449. The van der Waals surface area contributed by atoms with Crippen molar-refractivity contribution in [2.75, 3.05) is 38.4 Å². The van der Waals surface area contributed by atoms with E-state index in [4.69, 9.17) is 9.47 Å². The van der Waals surface area contributed by atoms with Crippen molar-refractivity contribution in [3.63, 3.8) is 0 Å². The van der Waals surface area contributed by atoms with E-state index < -0.39 is 17.9 Å². The van der Waals surface area contributed by atoms with Crippen LogP contribution in [0.25, 0.3) is 0 Å². The number of amides is 3. The van der Waals surface area contributed by atoms with E-state index in [-0.39, 0.29) is 32.3 Å². The Labute approximate surface area is 162 Å². The number of carbonyl (C=O) groups is 4. The lowest BCUT2D eigenvalue weighted by Crippen LogP contribution is -2.43. The van der Waals surface area contributed by atoms with Gasteiger partial charge in [-0.05, 0) is 26.5 Å². The van der Waals surface area contributed by atoms with E-state index in [0.717, 1.165) is 0 Å². The second-order valence-electron chi connectivity index (χ2n) is 5.93. The second kappa shape index (κ2) is 9.70. The number of ketones is 1. The molecule has 0 fully saturated rings. The van der Waals surface area contributed by atoms with E-state index >= 15 is 0 Å². The molecule has 10 nitrogen and oxygen atoms in total. The van der Waals surface area contributed by atoms with Gasteiger partial charge in [-0.3, -0.25) is 24.6 Å². The molecular weight excluding hydrogens is 370 g/mol. The topological polar surface area (TPSA) is 123 Å². The number of likely N-dealkylation sites (N-methyl/N-ethyl adjacent to an activating group) is 1. The van der Waals surface area contributed by atoms with Crippen LogP contribution in [0.3, 0.4) is 0 Å². The number of ether oxygens (including phenoxy) is 3. The van der Waals surface area contributed by atoms with Crippen molar-refractivity contribution in [3.8, 4) is 11.5 Å². The van der Waals surface area contributed by atoms with Gasteiger partial charge in [0.1, 0.15) is 0 Å². The predicted octanol–water partition coefficient (Wildman–Crippen LogP) is 1.15. The third-order valence-corrected chi connectivity index (χ3v) is 3.86. The Balaban J connectivity index is 1.99. The summed E-state index contributed by atoms with van der Waals surface area (Å²) in [7, 11) is 0. The number of imide groups is 1. The van der Waals surface area contributed by atoms with Crippen molar-refractivity contribution < 1.29 is 33.4 Å². The van der Waals surface area contributed by atoms with Crippen molar-refractivity contribution in [1.82, 2.24) is 10.2 Å². The summed E-state index contributed by atoms with van der Waals surface area (Å²) in [5.74, 6) is -0.377. The molecule has 0 spiro atoms. The van der Waals surface area contributed by atoms with Crippen molar-refractivity contribution in [2.45, 2.75) is 20.8 Å². The van der Waals surface area contributed by atoms with E-state index in [2.05, 4.69) is 15.4 Å². The molecule has 0 unspecified atom stereocenters. The summed E-state index contributed by atoms with van der Waals surface area (Å²) in [5.41, 5.74) is 0.592. The number of nitrogens with zero attached hydrogens (tertiary/aromatic N) is 1. The molecule has 0 saturated carbocycles. The van der Waals surface area contributed by atoms with Crippen LogP contribution >= 0.6 is 0 Å². The van der Waals surface area contributed by atoms with E-state index in [1.54, 1.807) is 13.8 Å². The summed E-state index contributed by atoms with van der Waals surface area (Å²) in [6.45, 7) is 5.08. The van der Waals surface area contributed by atoms with E-state index in [9.17, 15) is 19.2 Å². The van der Waals surface area contributed by atoms with Crippen LogP contribution in [-0.2, 0) is 14.3 Å². The fraction of sp³-hybridized carbons (Fsp3) is 0.444. The average Bonchev–Trinajstić information content (AvgIpc) is 3.07. The lowest BCUT2D eigenvalue weighted by molar-refractivity contribution is -0.122. The summed E-state index contributed by atoms with van der Waals surface area (Å²) >= 11 is 0. The highest BCUT2D eigenvalue weighted by molar-refractivity contribution is 6.05. The maximum atomic E-state index is 12.4. The third kappa shape index (κ3) is 5.68. The van der Waals surface area contributed by atoms with Gasteiger partial charge < -0.3 is 19.5 Å². The summed E-state index contributed by atoms with van der Waals surface area (Å²) in [4.78, 5) is 48.9. The molecule has 0 aromatic heterocycles. The van der Waals surface area contributed by atoms with Crippen molar-refractivity contribution in [2.24, 2.45) is 0 Å². The van der Waals surface area contributed by atoms with Crippen LogP contribution in [0.2, 0.25) is 0 Å². The molecule has 1 aliphatic rings. The maximum Gasteiger partial charge on any atom is 0.413 e. The minimum Gasteiger partial charge on any atom is -0.454 e. The Morgan fingerprint density at radius 1 is 1.07 bits per heavy atom. The van der Waals surface area contributed by atoms with Crippen molar-refractivity contribution in [1.29, 1.82) is 0 Å². The maximum absolute atomic E-state index is 12.4. The van der Waals surface area contributed by atoms with Crippen molar-refractivity contribution >= 4 is 29.4 Å². The molecule has 0 bridgehead atoms. The fourth-order valence-electron chi connectivity index (χ4n) is 2.53. The largest absolute Gasteiger partial charge is 0.454 e. The van der Waals surface area contributed by atoms with Gasteiger partial charge in [0.15, 0.2) is 17.3 Å². The molecule has 1 aromatic carbocycles. The number of benzene rings is 1. The summed E-state index contributed by atoms with van der Waals surface area (Å²) in [6, 6.07) is 3.05. The van der Waals surface area contributed by atoms with Crippen LogP contribution in [0, 0.1) is 0 Å². The number of nitrogens with one attached hydrogen (secondary N) is 2. The molecule has 10 heteroatoms. The zero-order chi connectivity index (χ0) is 20.7. The quantitative estimate of drug-likeness (QED) is 0.631. The molecular formula is C18H23N3O7. The van der Waals surface area contributed by atoms with Crippen LogP contribution in [0.1, 0.15) is 31.1 Å². The molecule has 1 heterocycles. The van der Waals surface area contributed by atoms with Gasteiger partial charge in [-0.15, -0.1) is 0 Å². The number of carbonyl (C=O) groups excluding carboxylic acids is 4. The molecule has 152 valence electrons. The zero-order valence-corrected chi connectivity index (χ0v) is 16.0. The van der Waals surface area contributed by atoms with Gasteiger partial charge >= 0.3 is 6.09 Å². The number of fused-ring (bicyclic) bond motifs is 1. The Morgan fingerprint density at radius 2 is 1.71 bits per heavy atom. The zero-order valence-electron chi connectivity index (χ0n) is 16.0. The number of alkyl carbamates (subject to hydrolysis) is 1. The summed E-state index contributed by atoms with van der Waals surface area (Å²) in [6.07, 6.45) is -0.834. The normalized spacial score (nSPS) is 11.9. The number of hydrogen-bond donors (Lipinski definition) is 2. The highest BCUT2D eigenvalue weighted by atomic mass is 16.7. The van der Waals surface area contributed by atoms with E-state index in [1.165, 1.54) is 24.0 Å². The Kier molecular flexibility index (Phi) is 7.33. The average molecular weight is 393 g/mol. The van der Waals surface area contributed by atoms with Crippen LogP contribution in [0.15, 0.2) is 12.1 Å². The van der Waals surface area contributed by atoms with Gasteiger partial charge in [0.25, 0.3) is 0 Å². The highest BCUT2D eigenvalue weighted by Gasteiger charge is 2.21. The number of Topliss-reactive ketones (excluding diaryl/α,β-unsaturated/α-hetero) is 1. The molecule has 0 radical (unpaired) electrons. The lowest BCUT2D eigenvalue weighted by atomic mass is 10.1. The van der Waals surface area contributed by atoms with Crippen LogP contribution < -0.4 is 20.1 Å². The van der Waals surface area contributed by atoms with Crippen LogP contribution in [0.4, 0.5) is 10.5 Å². The third-order valence-electron chi connectivity index (χ3n) is 3.86. The number of anilines is 1. The minimum atomic E-state index is -0.834. The monoisotopic (exact) mass is 393 g/mol. The van der Waals surface area contributed by atoms with Gasteiger partial charge in [0, 0.05) is 11.6 Å². The first-order chi connectivity index (χ1) is 13.3. The molecule has 0 aliphatic carbocycles. The van der Waals surface area contributed by atoms with Gasteiger partial charge in [-0.2, -0.15) is 0 Å². The summed E-state index contributed by atoms with van der Waals surface area (Å²) < 4.78 is 15.2. The first kappa shape index (κ1) is 21.2. The SMILES string of the molecule is CCOC(=O)NC(=O)CN(CC)CC(=O)Nc1cc2c(cc1C(C)=O)OCO2. The molecule has 0 saturated heterocycles. The Bertz CT molecular complexity index is 779. The summed E-state index contributed by atoms with van der Waals surface area (Å²) in [5, 5.41) is 4.73. The lowest BCUT2D eigenvalue weighted by Gasteiger charge is -2.19. The molecule has 28 heavy (non-hydrogen) atoms. The Morgan fingerprint density at radius 3 is 2.32 bits per heavy atom.